The summed E-state index contributed by atoms with van der Waals surface area (Å²) in [5.41, 5.74) is 3.86. The summed E-state index contributed by atoms with van der Waals surface area (Å²) in [6.07, 6.45) is 9.75. The lowest BCUT2D eigenvalue weighted by Gasteiger charge is -2.21. The third-order valence-corrected chi connectivity index (χ3v) is 4.33. The normalized spacial score (nSPS) is 18.6. The van der Waals surface area contributed by atoms with Gasteiger partial charge in [-0.1, -0.05) is 32.1 Å². The fraction of sp³-hybridized carbons (Fsp3) is 0.800. The Morgan fingerprint density at radius 3 is 2.28 bits per heavy atom. The number of hydrogen-bond donors (Lipinski definition) is 1. The van der Waals surface area contributed by atoms with Crippen molar-refractivity contribution in [2.45, 2.75) is 71.4 Å². The molecule has 0 bridgehead atoms. The zero-order valence-electron chi connectivity index (χ0n) is 12.1. The maximum absolute atomic E-state index is 4.48. The van der Waals surface area contributed by atoms with E-state index in [9.17, 15) is 0 Å². The third-order valence-electron chi connectivity index (χ3n) is 4.33. The van der Waals surface area contributed by atoms with Gasteiger partial charge < -0.3 is 5.32 Å². The molecule has 1 fully saturated rings. The zero-order chi connectivity index (χ0) is 13.0. The lowest BCUT2D eigenvalue weighted by Crippen LogP contribution is -2.29. The minimum atomic E-state index is 0.712. The van der Waals surface area contributed by atoms with Crippen molar-refractivity contribution in [3.63, 3.8) is 0 Å². The van der Waals surface area contributed by atoms with Crippen LogP contribution >= 0.6 is 0 Å². The monoisotopic (exact) mass is 249 g/mol. The Bertz CT molecular complexity index is 373. The van der Waals surface area contributed by atoms with Crippen LogP contribution in [0.15, 0.2) is 0 Å². The van der Waals surface area contributed by atoms with E-state index < -0.39 is 0 Å². The van der Waals surface area contributed by atoms with Crippen LogP contribution in [0.25, 0.3) is 0 Å². The first-order chi connectivity index (χ1) is 8.68. The predicted molar refractivity (Wildman–Crippen MR) is 75.6 cm³/mol. The Morgan fingerprint density at radius 1 is 1.11 bits per heavy atom. The molecule has 0 saturated heterocycles. The van der Waals surface area contributed by atoms with Crippen molar-refractivity contribution in [2.24, 2.45) is 7.05 Å². The molecule has 3 nitrogen and oxygen atoms in total. The van der Waals surface area contributed by atoms with Gasteiger partial charge in [0, 0.05) is 30.9 Å². The molecule has 1 heterocycles. The maximum Gasteiger partial charge on any atom is 0.0641 e. The Labute approximate surface area is 111 Å². The molecule has 1 aromatic rings. The molecule has 1 aliphatic rings. The molecule has 0 aliphatic heterocycles. The molecule has 0 amide bonds. The SMILES string of the molecule is Cc1nn(C)c(C)c1CNC1CCCCCCC1. The van der Waals surface area contributed by atoms with Crippen LogP contribution in [-0.4, -0.2) is 15.8 Å². The van der Waals surface area contributed by atoms with Crippen LogP contribution in [0, 0.1) is 13.8 Å². The Balaban J connectivity index is 1.89. The van der Waals surface area contributed by atoms with Gasteiger partial charge in [-0.15, -0.1) is 0 Å². The second-order valence-corrected chi connectivity index (χ2v) is 5.70. The third kappa shape index (κ3) is 3.35. The fourth-order valence-electron chi connectivity index (χ4n) is 2.98. The van der Waals surface area contributed by atoms with Gasteiger partial charge in [0.15, 0.2) is 0 Å². The van der Waals surface area contributed by atoms with Crippen molar-refractivity contribution < 1.29 is 0 Å². The summed E-state index contributed by atoms with van der Waals surface area (Å²) < 4.78 is 1.99. The lowest BCUT2D eigenvalue weighted by atomic mass is 9.96. The maximum atomic E-state index is 4.48. The van der Waals surface area contributed by atoms with Gasteiger partial charge in [0.05, 0.1) is 5.69 Å². The second kappa shape index (κ2) is 6.37. The minimum absolute atomic E-state index is 0.712. The van der Waals surface area contributed by atoms with Crippen molar-refractivity contribution in [3.05, 3.63) is 17.0 Å². The van der Waals surface area contributed by atoms with Crippen molar-refractivity contribution in [3.8, 4) is 0 Å². The average molecular weight is 249 g/mol. The molecule has 3 heteroatoms. The van der Waals surface area contributed by atoms with E-state index in [0.29, 0.717) is 6.04 Å². The van der Waals surface area contributed by atoms with Crippen molar-refractivity contribution >= 4 is 0 Å². The lowest BCUT2D eigenvalue weighted by molar-refractivity contribution is 0.388. The van der Waals surface area contributed by atoms with E-state index in [0.717, 1.165) is 6.54 Å². The first-order valence-corrected chi connectivity index (χ1v) is 7.41. The summed E-state index contributed by atoms with van der Waals surface area (Å²) in [6.45, 7) is 5.26. The highest BCUT2D eigenvalue weighted by atomic mass is 15.3. The average Bonchev–Trinajstić information content (AvgIpc) is 2.53. The number of nitrogens with zero attached hydrogens (tertiary/aromatic N) is 2. The van der Waals surface area contributed by atoms with E-state index in [2.05, 4.69) is 24.3 Å². The molecule has 102 valence electrons. The summed E-state index contributed by atoms with van der Waals surface area (Å²) in [5, 5.41) is 8.23. The highest BCUT2D eigenvalue weighted by molar-refractivity contribution is 5.24. The van der Waals surface area contributed by atoms with Crippen molar-refractivity contribution in [1.82, 2.24) is 15.1 Å². The summed E-state index contributed by atoms with van der Waals surface area (Å²) in [4.78, 5) is 0. The molecule has 0 unspecified atom stereocenters. The number of hydrogen-bond acceptors (Lipinski definition) is 2. The molecule has 0 spiro atoms. The van der Waals surface area contributed by atoms with E-state index in [1.54, 1.807) is 0 Å². The molecule has 18 heavy (non-hydrogen) atoms. The van der Waals surface area contributed by atoms with E-state index in [-0.39, 0.29) is 0 Å². The topological polar surface area (TPSA) is 29.9 Å². The second-order valence-electron chi connectivity index (χ2n) is 5.70. The number of aromatic nitrogens is 2. The van der Waals surface area contributed by atoms with Crippen LogP contribution in [0.5, 0.6) is 0 Å². The first kappa shape index (κ1) is 13.6. The standard InChI is InChI=1S/C15H27N3/c1-12-15(13(2)18(3)17-12)11-16-14-9-7-5-4-6-8-10-14/h14,16H,4-11H2,1-3H3. The Morgan fingerprint density at radius 2 is 1.72 bits per heavy atom. The zero-order valence-corrected chi connectivity index (χ0v) is 12.1. The van der Waals surface area contributed by atoms with Crippen LogP contribution in [0.4, 0.5) is 0 Å². The molecular formula is C15H27N3. The summed E-state index contributed by atoms with van der Waals surface area (Å²) >= 11 is 0. The van der Waals surface area contributed by atoms with Crippen LogP contribution < -0.4 is 5.32 Å². The predicted octanol–water partition coefficient (Wildman–Crippen LogP) is 3.24. The van der Waals surface area contributed by atoms with Gasteiger partial charge in [0.1, 0.15) is 0 Å². The number of rotatable bonds is 3. The quantitative estimate of drug-likeness (QED) is 0.891. The van der Waals surface area contributed by atoms with Gasteiger partial charge in [-0.25, -0.2) is 0 Å². The van der Waals surface area contributed by atoms with Crippen molar-refractivity contribution in [2.75, 3.05) is 0 Å². The Hall–Kier alpha value is -0.830. The molecule has 0 atom stereocenters. The van der Waals surface area contributed by atoms with Gasteiger partial charge >= 0.3 is 0 Å². The molecule has 0 radical (unpaired) electrons. The van der Waals surface area contributed by atoms with Gasteiger partial charge in [-0.3, -0.25) is 4.68 Å². The van der Waals surface area contributed by atoms with Gasteiger partial charge in [0.25, 0.3) is 0 Å². The molecular weight excluding hydrogens is 222 g/mol. The summed E-state index contributed by atoms with van der Waals surface area (Å²) in [6, 6.07) is 0.712. The molecule has 1 saturated carbocycles. The number of nitrogens with one attached hydrogen (secondary N) is 1. The van der Waals surface area contributed by atoms with E-state index in [1.807, 2.05) is 11.7 Å². The number of aryl methyl sites for hydroxylation is 2. The van der Waals surface area contributed by atoms with Gasteiger partial charge in [0.2, 0.25) is 0 Å². The Kier molecular flexibility index (Phi) is 4.81. The van der Waals surface area contributed by atoms with Crippen molar-refractivity contribution in [1.29, 1.82) is 0 Å². The minimum Gasteiger partial charge on any atom is -0.310 e. The fourth-order valence-corrected chi connectivity index (χ4v) is 2.98. The molecule has 0 aromatic carbocycles. The smallest absolute Gasteiger partial charge is 0.0641 e. The van der Waals surface area contributed by atoms with Crippen LogP contribution in [0.3, 0.4) is 0 Å². The highest BCUT2D eigenvalue weighted by Crippen LogP contribution is 2.18. The molecule has 1 aliphatic carbocycles. The summed E-state index contributed by atoms with van der Waals surface area (Å²) in [5.74, 6) is 0. The van der Waals surface area contributed by atoms with Crippen LogP contribution in [-0.2, 0) is 13.6 Å². The van der Waals surface area contributed by atoms with E-state index in [4.69, 9.17) is 0 Å². The van der Waals surface area contributed by atoms with Gasteiger partial charge in [-0.05, 0) is 26.7 Å². The molecule has 1 N–H and O–H groups in total. The van der Waals surface area contributed by atoms with E-state index >= 15 is 0 Å². The molecule has 1 aromatic heterocycles. The largest absolute Gasteiger partial charge is 0.310 e. The van der Waals surface area contributed by atoms with Gasteiger partial charge in [-0.2, -0.15) is 5.10 Å². The van der Waals surface area contributed by atoms with E-state index in [1.165, 1.54) is 61.9 Å². The highest BCUT2D eigenvalue weighted by Gasteiger charge is 2.13. The first-order valence-electron chi connectivity index (χ1n) is 7.41. The molecule has 2 rings (SSSR count). The van der Waals surface area contributed by atoms with Crippen LogP contribution in [0.1, 0.15) is 61.9 Å². The van der Waals surface area contributed by atoms with Crippen LogP contribution in [0.2, 0.25) is 0 Å². The summed E-state index contributed by atoms with van der Waals surface area (Å²) in [7, 11) is 2.03.